The quantitative estimate of drug-likeness (QED) is 0.562. The van der Waals surface area contributed by atoms with Crippen molar-refractivity contribution in [2.24, 2.45) is 0 Å². The first-order valence-corrected chi connectivity index (χ1v) is 10.1. The number of aryl methyl sites for hydroxylation is 1. The van der Waals surface area contributed by atoms with Crippen LogP contribution in [0.25, 0.3) is 22.3 Å². The summed E-state index contributed by atoms with van der Waals surface area (Å²) in [5.41, 5.74) is 2.52. The van der Waals surface area contributed by atoms with E-state index in [0.717, 1.165) is 28.5 Å². The molecule has 0 aliphatic heterocycles. The standard InChI is InChI=1S/C20H21F3N4OS/c1-4-13(5-2)24-16(28)11-10-15-17(14-9-7-6-8-12(14)3)25-19-27(15)26-18(29-19)20(21,22)23/h6-11,13H,4-5H2,1-3H3,(H,24,28). The van der Waals surface area contributed by atoms with Gasteiger partial charge in [0.1, 0.15) is 0 Å². The number of hydrogen-bond acceptors (Lipinski definition) is 4. The van der Waals surface area contributed by atoms with Crippen LogP contribution in [-0.4, -0.2) is 26.5 Å². The molecule has 1 aromatic carbocycles. The van der Waals surface area contributed by atoms with Crippen LogP contribution in [-0.2, 0) is 11.0 Å². The minimum Gasteiger partial charge on any atom is -0.350 e. The van der Waals surface area contributed by atoms with Gasteiger partial charge < -0.3 is 5.32 Å². The van der Waals surface area contributed by atoms with Gasteiger partial charge in [0, 0.05) is 17.7 Å². The maximum Gasteiger partial charge on any atom is 0.445 e. The maximum atomic E-state index is 13.1. The number of hydrogen-bond donors (Lipinski definition) is 1. The molecule has 0 aliphatic rings. The molecule has 2 aromatic heterocycles. The molecule has 0 saturated heterocycles. The van der Waals surface area contributed by atoms with Crippen LogP contribution in [0.15, 0.2) is 30.3 Å². The highest BCUT2D eigenvalue weighted by molar-refractivity contribution is 7.16. The molecule has 154 valence electrons. The van der Waals surface area contributed by atoms with Crippen molar-refractivity contribution in [3.05, 3.63) is 46.6 Å². The van der Waals surface area contributed by atoms with E-state index in [0.29, 0.717) is 22.7 Å². The Kier molecular flexibility index (Phi) is 6.07. The van der Waals surface area contributed by atoms with Crippen LogP contribution in [0.4, 0.5) is 13.2 Å². The highest BCUT2D eigenvalue weighted by Gasteiger charge is 2.36. The van der Waals surface area contributed by atoms with E-state index < -0.39 is 11.2 Å². The Hall–Kier alpha value is -2.68. The Morgan fingerprint density at radius 3 is 2.59 bits per heavy atom. The van der Waals surface area contributed by atoms with Crippen LogP contribution in [0.3, 0.4) is 0 Å². The lowest BCUT2D eigenvalue weighted by atomic mass is 10.0. The van der Waals surface area contributed by atoms with E-state index in [2.05, 4.69) is 15.4 Å². The molecule has 1 amide bonds. The first-order valence-electron chi connectivity index (χ1n) is 9.25. The maximum absolute atomic E-state index is 13.1. The van der Waals surface area contributed by atoms with Gasteiger partial charge in [0.25, 0.3) is 0 Å². The molecule has 0 aliphatic carbocycles. The van der Waals surface area contributed by atoms with Crippen LogP contribution >= 0.6 is 11.3 Å². The number of nitrogens with one attached hydrogen (secondary N) is 1. The largest absolute Gasteiger partial charge is 0.445 e. The number of fused-ring (bicyclic) bond motifs is 1. The number of imidazole rings is 1. The summed E-state index contributed by atoms with van der Waals surface area (Å²) < 4.78 is 40.4. The summed E-state index contributed by atoms with van der Waals surface area (Å²) in [6.45, 7) is 5.84. The molecule has 1 N–H and O–H groups in total. The van der Waals surface area contributed by atoms with Gasteiger partial charge in [-0.05, 0) is 31.4 Å². The van der Waals surface area contributed by atoms with Gasteiger partial charge in [-0.2, -0.15) is 13.2 Å². The molecule has 0 unspecified atom stereocenters. The second-order valence-corrected chi connectivity index (χ2v) is 7.57. The van der Waals surface area contributed by atoms with Crippen LogP contribution < -0.4 is 5.32 Å². The first-order chi connectivity index (χ1) is 13.7. The van der Waals surface area contributed by atoms with Crippen LogP contribution in [0.2, 0.25) is 0 Å². The van der Waals surface area contributed by atoms with E-state index in [4.69, 9.17) is 0 Å². The summed E-state index contributed by atoms with van der Waals surface area (Å²) in [4.78, 5) is 16.8. The third-order valence-electron chi connectivity index (χ3n) is 4.61. The summed E-state index contributed by atoms with van der Waals surface area (Å²) in [7, 11) is 0. The Bertz CT molecular complexity index is 1050. The van der Waals surface area contributed by atoms with Gasteiger partial charge in [0.2, 0.25) is 15.9 Å². The van der Waals surface area contributed by atoms with Gasteiger partial charge >= 0.3 is 6.18 Å². The molecular formula is C20H21F3N4OS. The first kappa shape index (κ1) is 21.0. The van der Waals surface area contributed by atoms with E-state index in [1.54, 1.807) is 0 Å². The Labute approximate surface area is 170 Å². The van der Waals surface area contributed by atoms with Crippen LogP contribution in [0, 0.1) is 6.92 Å². The van der Waals surface area contributed by atoms with Crippen molar-refractivity contribution in [1.29, 1.82) is 0 Å². The minimum absolute atomic E-state index is 0.0459. The molecule has 3 aromatic rings. The lowest BCUT2D eigenvalue weighted by Crippen LogP contribution is -2.32. The molecule has 3 rings (SSSR count). The highest BCUT2D eigenvalue weighted by atomic mass is 32.1. The van der Waals surface area contributed by atoms with E-state index in [1.807, 2.05) is 45.0 Å². The second-order valence-electron chi connectivity index (χ2n) is 6.62. The lowest BCUT2D eigenvalue weighted by Gasteiger charge is -2.12. The molecule has 29 heavy (non-hydrogen) atoms. The molecule has 0 radical (unpaired) electrons. The molecular weight excluding hydrogens is 401 g/mol. The number of alkyl halides is 3. The number of rotatable bonds is 6. The number of benzene rings is 1. The summed E-state index contributed by atoms with van der Waals surface area (Å²) >= 11 is 0.473. The average molecular weight is 422 g/mol. The Morgan fingerprint density at radius 1 is 1.28 bits per heavy atom. The smallest absolute Gasteiger partial charge is 0.350 e. The fraction of sp³-hybridized carbons (Fsp3) is 0.350. The van der Waals surface area contributed by atoms with Crippen molar-refractivity contribution in [1.82, 2.24) is 19.9 Å². The zero-order valence-corrected chi connectivity index (χ0v) is 17.1. The van der Waals surface area contributed by atoms with Crippen molar-refractivity contribution >= 4 is 28.3 Å². The third-order valence-corrected chi connectivity index (χ3v) is 5.56. The highest BCUT2D eigenvalue weighted by Crippen LogP contribution is 2.36. The zero-order chi connectivity index (χ0) is 21.2. The topological polar surface area (TPSA) is 59.3 Å². The van der Waals surface area contributed by atoms with Crippen LogP contribution in [0.1, 0.15) is 43.0 Å². The van der Waals surface area contributed by atoms with Crippen molar-refractivity contribution < 1.29 is 18.0 Å². The normalized spacial score (nSPS) is 12.4. The number of amides is 1. The molecule has 0 fully saturated rings. The molecule has 0 spiro atoms. The predicted octanol–water partition coefficient (Wildman–Crippen LogP) is 5.10. The fourth-order valence-corrected chi connectivity index (χ4v) is 3.74. The van der Waals surface area contributed by atoms with E-state index in [9.17, 15) is 18.0 Å². The van der Waals surface area contributed by atoms with Gasteiger partial charge in [-0.3, -0.25) is 4.79 Å². The SMILES string of the molecule is CCC(CC)NC(=O)C=Cc1c(-c2ccccc2C)nc2sc(C(F)(F)F)nn12. The van der Waals surface area contributed by atoms with E-state index >= 15 is 0 Å². The van der Waals surface area contributed by atoms with Crippen molar-refractivity contribution in [3.8, 4) is 11.3 Å². The average Bonchev–Trinajstić information content (AvgIpc) is 3.23. The van der Waals surface area contributed by atoms with Gasteiger partial charge in [0.15, 0.2) is 0 Å². The molecule has 0 saturated carbocycles. The minimum atomic E-state index is -4.55. The number of carbonyl (C=O) groups excluding carboxylic acids is 1. The van der Waals surface area contributed by atoms with Crippen molar-refractivity contribution in [2.45, 2.75) is 45.8 Å². The van der Waals surface area contributed by atoms with Gasteiger partial charge in [-0.1, -0.05) is 49.4 Å². The van der Waals surface area contributed by atoms with Gasteiger partial charge in [-0.25, -0.2) is 9.50 Å². The molecule has 5 nitrogen and oxygen atoms in total. The monoisotopic (exact) mass is 422 g/mol. The molecule has 9 heteroatoms. The molecule has 0 atom stereocenters. The summed E-state index contributed by atoms with van der Waals surface area (Å²) in [6.07, 6.45) is -0.178. The van der Waals surface area contributed by atoms with Gasteiger partial charge in [-0.15, -0.1) is 5.10 Å². The van der Waals surface area contributed by atoms with Crippen molar-refractivity contribution in [3.63, 3.8) is 0 Å². The zero-order valence-electron chi connectivity index (χ0n) is 16.2. The Balaban J connectivity index is 2.07. The van der Waals surface area contributed by atoms with Crippen LogP contribution in [0.5, 0.6) is 0 Å². The molecule has 0 bridgehead atoms. The predicted molar refractivity (Wildman–Crippen MR) is 108 cm³/mol. The van der Waals surface area contributed by atoms with E-state index in [1.165, 1.54) is 12.2 Å². The van der Waals surface area contributed by atoms with Gasteiger partial charge in [0.05, 0.1) is 11.4 Å². The third kappa shape index (κ3) is 4.50. The Morgan fingerprint density at radius 2 is 1.97 bits per heavy atom. The molecule has 2 heterocycles. The summed E-state index contributed by atoms with van der Waals surface area (Å²) in [5, 5.41) is 5.59. The van der Waals surface area contributed by atoms with E-state index in [-0.39, 0.29) is 16.9 Å². The lowest BCUT2D eigenvalue weighted by molar-refractivity contribution is -0.138. The number of carbonyl (C=O) groups is 1. The summed E-state index contributed by atoms with van der Waals surface area (Å²) in [5.74, 6) is -0.310. The second kappa shape index (κ2) is 8.36. The number of nitrogens with zero attached hydrogens (tertiary/aromatic N) is 3. The number of aromatic nitrogens is 3. The number of halogens is 3. The fourth-order valence-electron chi connectivity index (χ4n) is 2.96. The van der Waals surface area contributed by atoms with Crippen molar-refractivity contribution in [2.75, 3.05) is 0 Å². The summed E-state index contributed by atoms with van der Waals surface area (Å²) in [6, 6.07) is 7.48.